The van der Waals surface area contributed by atoms with E-state index in [4.69, 9.17) is 4.74 Å². The summed E-state index contributed by atoms with van der Waals surface area (Å²) < 4.78 is 71.8. The third-order valence-electron chi connectivity index (χ3n) is 4.97. The van der Waals surface area contributed by atoms with Crippen LogP contribution in [-0.2, 0) is 27.8 Å². The fourth-order valence-electron chi connectivity index (χ4n) is 3.10. The van der Waals surface area contributed by atoms with Crippen LogP contribution < -0.4 is 4.90 Å². The maximum atomic E-state index is 13.2. The van der Waals surface area contributed by atoms with Crippen molar-refractivity contribution in [3.63, 3.8) is 0 Å². The van der Waals surface area contributed by atoms with Gasteiger partial charge in [-0.15, -0.1) is 10.2 Å². The van der Waals surface area contributed by atoms with Crippen LogP contribution in [0.5, 0.6) is 0 Å². The summed E-state index contributed by atoms with van der Waals surface area (Å²) in [5.41, 5.74) is -1.95. The van der Waals surface area contributed by atoms with E-state index in [2.05, 4.69) is 20.2 Å². The molecule has 14 heteroatoms. The number of carbonyl (C=O) groups is 1. The number of sulfone groups is 1. The first kappa shape index (κ1) is 27.0. The van der Waals surface area contributed by atoms with Crippen LogP contribution >= 0.6 is 0 Å². The number of aromatic nitrogens is 5. The first-order valence-electron chi connectivity index (χ1n) is 10.7. The van der Waals surface area contributed by atoms with Crippen molar-refractivity contribution < 1.29 is 31.1 Å². The van der Waals surface area contributed by atoms with Crippen molar-refractivity contribution in [1.82, 2.24) is 24.7 Å². The first-order chi connectivity index (χ1) is 16.5. The zero-order valence-electron chi connectivity index (χ0n) is 20.5. The monoisotopic (exact) mass is 526 g/mol. The SMILES string of the molecule is CCS(=O)(=O)c1ccc(N(C)C(=O)OC(C)(C)C)nc1-c1nnc(-c2cc(C(F)(F)F)ccn2)n1C. The van der Waals surface area contributed by atoms with Crippen LogP contribution in [0.3, 0.4) is 0 Å². The van der Waals surface area contributed by atoms with Gasteiger partial charge in [-0.3, -0.25) is 9.88 Å². The molecule has 3 rings (SSSR count). The van der Waals surface area contributed by atoms with Crippen LogP contribution in [0.4, 0.5) is 23.8 Å². The van der Waals surface area contributed by atoms with E-state index in [1.54, 1.807) is 20.8 Å². The molecule has 0 saturated heterocycles. The quantitative estimate of drug-likeness (QED) is 0.487. The average Bonchev–Trinajstić information content (AvgIpc) is 3.17. The molecule has 194 valence electrons. The van der Waals surface area contributed by atoms with Crippen molar-refractivity contribution in [2.24, 2.45) is 7.05 Å². The van der Waals surface area contributed by atoms with Crippen LogP contribution in [0, 0.1) is 0 Å². The minimum atomic E-state index is -4.59. The van der Waals surface area contributed by atoms with E-state index in [-0.39, 0.29) is 39.5 Å². The van der Waals surface area contributed by atoms with Gasteiger partial charge in [0, 0.05) is 20.3 Å². The van der Waals surface area contributed by atoms with Crippen molar-refractivity contribution in [3.8, 4) is 23.0 Å². The van der Waals surface area contributed by atoms with Crippen LogP contribution in [-0.4, -0.2) is 57.6 Å². The van der Waals surface area contributed by atoms with Crippen molar-refractivity contribution in [3.05, 3.63) is 36.0 Å². The molecular weight excluding hydrogens is 501 g/mol. The smallest absolute Gasteiger partial charge is 0.416 e. The molecule has 36 heavy (non-hydrogen) atoms. The number of pyridine rings is 2. The highest BCUT2D eigenvalue weighted by atomic mass is 32.2. The van der Waals surface area contributed by atoms with Gasteiger partial charge < -0.3 is 9.30 Å². The molecule has 0 bridgehead atoms. The van der Waals surface area contributed by atoms with Crippen molar-refractivity contribution in [2.45, 2.75) is 44.4 Å². The van der Waals surface area contributed by atoms with Crippen molar-refractivity contribution in [1.29, 1.82) is 0 Å². The van der Waals surface area contributed by atoms with Gasteiger partial charge in [0.05, 0.1) is 16.2 Å². The maximum Gasteiger partial charge on any atom is 0.416 e. The number of rotatable bonds is 5. The zero-order chi connectivity index (χ0) is 27.1. The molecule has 0 saturated carbocycles. The highest BCUT2D eigenvalue weighted by Gasteiger charge is 2.32. The van der Waals surface area contributed by atoms with E-state index in [1.807, 2.05) is 0 Å². The maximum absolute atomic E-state index is 13.2. The van der Waals surface area contributed by atoms with E-state index in [0.717, 1.165) is 23.2 Å². The lowest BCUT2D eigenvalue weighted by Crippen LogP contribution is -2.34. The Bertz CT molecular complexity index is 1400. The van der Waals surface area contributed by atoms with Crippen molar-refractivity contribution in [2.75, 3.05) is 17.7 Å². The molecule has 0 N–H and O–H groups in total. The van der Waals surface area contributed by atoms with E-state index in [0.29, 0.717) is 0 Å². The number of hydrogen-bond donors (Lipinski definition) is 0. The lowest BCUT2D eigenvalue weighted by molar-refractivity contribution is -0.137. The number of alkyl halides is 3. The summed E-state index contributed by atoms with van der Waals surface area (Å²) in [7, 11) is -0.958. The number of carbonyl (C=O) groups excluding carboxylic acids is 1. The molecule has 3 aromatic heterocycles. The summed E-state index contributed by atoms with van der Waals surface area (Å²) in [4.78, 5) is 21.8. The third kappa shape index (κ3) is 5.64. The highest BCUT2D eigenvalue weighted by Crippen LogP contribution is 2.33. The number of anilines is 1. The lowest BCUT2D eigenvalue weighted by atomic mass is 10.2. The van der Waals surface area contributed by atoms with Gasteiger partial charge in [0.2, 0.25) is 0 Å². The van der Waals surface area contributed by atoms with Gasteiger partial charge in [-0.1, -0.05) is 6.92 Å². The van der Waals surface area contributed by atoms with Crippen molar-refractivity contribution >= 4 is 21.7 Å². The zero-order valence-corrected chi connectivity index (χ0v) is 21.3. The van der Waals surface area contributed by atoms with Gasteiger partial charge in [-0.2, -0.15) is 13.2 Å². The summed E-state index contributed by atoms with van der Waals surface area (Å²) >= 11 is 0. The number of amides is 1. The summed E-state index contributed by atoms with van der Waals surface area (Å²) in [5, 5.41) is 7.93. The predicted molar refractivity (Wildman–Crippen MR) is 125 cm³/mol. The molecule has 10 nitrogen and oxygen atoms in total. The molecule has 1 amide bonds. The minimum Gasteiger partial charge on any atom is -0.443 e. The molecule has 0 unspecified atom stereocenters. The molecule has 3 aromatic rings. The minimum absolute atomic E-state index is 0.0383. The fraction of sp³-hybridized carbons (Fsp3) is 0.409. The Hall–Kier alpha value is -3.55. The number of nitrogens with zero attached hydrogens (tertiary/aromatic N) is 6. The Morgan fingerprint density at radius 3 is 2.33 bits per heavy atom. The second-order valence-electron chi connectivity index (χ2n) is 8.79. The molecule has 0 aliphatic rings. The molecule has 0 aliphatic heterocycles. The Morgan fingerprint density at radius 1 is 1.11 bits per heavy atom. The Labute approximate surface area is 206 Å². The average molecular weight is 527 g/mol. The van der Waals surface area contributed by atoms with E-state index in [1.165, 1.54) is 37.7 Å². The number of hydrogen-bond acceptors (Lipinski definition) is 8. The first-order valence-corrected chi connectivity index (χ1v) is 12.3. The third-order valence-corrected chi connectivity index (χ3v) is 6.73. The standard InChI is InChI=1S/C22H25F3N6O4S/c1-7-36(33,34)15-8-9-16(30(5)20(32)35-21(2,3)4)27-17(15)19-29-28-18(31(19)6)14-12-13(10-11-26-14)22(23,24)25/h8-12H,7H2,1-6H3. The Balaban J connectivity index is 2.16. The second kappa shape index (κ2) is 9.48. The highest BCUT2D eigenvalue weighted by molar-refractivity contribution is 7.91. The fourth-order valence-corrected chi connectivity index (χ4v) is 4.12. The summed E-state index contributed by atoms with van der Waals surface area (Å²) in [5.74, 6) is -0.265. The normalized spacial score (nSPS) is 12.5. The molecule has 0 aliphatic carbocycles. The predicted octanol–water partition coefficient (Wildman–Crippen LogP) is 4.12. The topological polar surface area (TPSA) is 120 Å². The molecule has 0 atom stereocenters. The van der Waals surface area contributed by atoms with Crippen LogP contribution in [0.1, 0.15) is 33.3 Å². The Morgan fingerprint density at radius 2 is 1.75 bits per heavy atom. The Kier molecular flexibility index (Phi) is 7.12. The molecule has 0 aromatic carbocycles. The van der Waals surface area contributed by atoms with E-state index in [9.17, 15) is 26.4 Å². The van der Waals surface area contributed by atoms with Crippen LogP contribution in [0.25, 0.3) is 23.0 Å². The van der Waals surface area contributed by atoms with Gasteiger partial charge in [-0.25, -0.2) is 18.2 Å². The summed E-state index contributed by atoms with van der Waals surface area (Å²) in [6, 6.07) is 4.28. The van der Waals surface area contributed by atoms with Gasteiger partial charge >= 0.3 is 12.3 Å². The molecular formula is C22H25F3N6O4S. The van der Waals surface area contributed by atoms with E-state index < -0.39 is 33.3 Å². The van der Waals surface area contributed by atoms with Gasteiger partial charge in [-0.05, 0) is 45.0 Å². The van der Waals surface area contributed by atoms with Gasteiger partial charge in [0.25, 0.3) is 0 Å². The van der Waals surface area contributed by atoms with Gasteiger partial charge in [0.1, 0.15) is 22.8 Å². The van der Waals surface area contributed by atoms with Crippen LogP contribution in [0.15, 0.2) is 35.4 Å². The summed E-state index contributed by atoms with van der Waals surface area (Å²) in [6.07, 6.45) is -4.32. The molecule has 0 radical (unpaired) electrons. The van der Waals surface area contributed by atoms with Crippen LogP contribution in [0.2, 0.25) is 0 Å². The largest absolute Gasteiger partial charge is 0.443 e. The molecule has 3 heterocycles. The van der Waals surface area contributed by atoms with Gasteiger partial charge in [0.15, 0.2) is 21.5 Å². The molecule has 0 fully saturated rings. The van der Waals surface area contributed by atoms with E-state index >= 15 is 0 Å². The number of ether oxygens (including phenoxy) is 1. The summed E-state index contributed by atoms with van der Waals surface area (Å²) in [6.45, 7) is 6.53. The second-order valence-corrected chi connectivity index (χ2v) is 11.0. The lowest BCUT2D eigenvalue weighted by Gasteiger charge is -2.24. The molecule has 0 spiro atoms. The number of halogens is 3.